The van der Waals surface area contributed by atoms with Gasteiger partial charge in [-0.15, -0.1) is 0 Å². The van der Waals surface area contributed by atoms with Gasteiger partial charge in [0, 0.05) is 31.4 Å². The first-order valence-electron chi connectivity index (χ1n) is 6.86. The molecule has 0 spiro atoms. The van der Waals surface area contributed by atoms with E-state index < -0.39 is 11.7 Å². The Morgan fingerprint density at radius 1 is 1.33 bits per heavy atom. The highest BCUT2D eigenvalue weighted by Crippen LogP contribution is 2.33. The molecule has 1 N–H and O–H groups in total. The lowest BCUT2D eigenvalue weighted by Crippen LogP contribution is -2.29. The quantitative estimate of drug-likeness (QED) is 0.923. The topological polar surface area (TPSA) is 29.9 Å². The van der Waals surface area contributed by atoms with E-state index in [0.29, 0.717) is 17.7 Å². The summed E-state index contributed by atoms with van der Waals surface area (Å²) in [4.78, 5) is 4.28. The van der Waals surface area contributed by atoms with Crippen molar-refractivity contribution in [2.24, 2.45) is 0 Å². The zero-order valence-corrected chi connectivity index (χ0v) is 11.7. The fraction of sp³-hybridized carbons (Fsp3) is 0.400. The van der Waals surface area contributed by atoms with Gasteiger partial charge >= 0.3 is 6.18 Å². The predicted molar refractivity (Wildman–Crippen MR) is 72.9 cm³/mol. The molecule has 1 aromatic heterocycles. The lowest BCUT2D eigenvalue weighted by Gasteiger charge is -2.19. The first-order valence-corrected chi connectivity index (χ1v) is 6.86. The first-order chi connectivity index (χ1) is 9.95. The number of halogens is 3. The molecular formula is C15H16F3N3. The van der Waals surface area contributed by atoms with Crippen LogP contribution in [0.5, 0.6) is 0 Å². The van der Waals surface area contributed by atoms with Gasteiger partial charge < -0.3 is 9.88 Å². The van der Waals surface area contributed by atoms with Gasteiger partial charge in [0.1, 0.15) is 5.82 Å². The third-order valence-corrected chi connectivity index (χ3v) is 3.76. The number of aryl methyl sites for hydroxylation is 1. The van der Waals surface area contributed by atoms with Gasteiger partial charge in [-0.3, -0.25) is 0 Å². The molecule has 3 nitrogen and oxygen atoms in total. The number of rotatable bonds is 2. The van der Waals surface area contributed by atoms with E-state index >= 15 is 0 Å². The maximum Gasteiger partial charge on any atom is 0.416 e. The number of alkyl halides is 3. The van der Waals surface area contributed by atoms with Crippen molar-refractivity contribution >= 4 is 0 Å². The van der Waals surface area contributed by atoms with Gasteiger partial charge in [-0.25, -0.2) is 4.98 Å². The monoisotopic (exact) mass is 295 g/mol. The van der Waals surface area contributed by atoms with Crippen LogP contribution in [0.15, 0.2) is 24.4 Å². The van der Waals surface area contributed by atoms with Crippen molar-refractivity contribution in [2.75, 3.05) is 6.54 Å². The van der Waals surface area contributed by atoms with Crippen LogP contribution in [0.25, 0.3) is 0 Å². The number of imidazole rings is 1. The summed E-state index contributed by atoms with van der Waals surface area (Å²) in [5.74, 6) is 0.886. The summed E-state index contributed by atoms with van der Waals surface area (Å²) < 4.78 is 41.5. The number of fused-ring (bicyclic) bond motifs is 1. The van der Waals surface area contributed by atoms with Gasteiger partial charge in [0.15, 0.2) is 0 Å². The molecule has 0 unspecified atom stereocenters. The van der Waals surface area contributed by atoms with Crippen LogP contribution >= 0.6 is 0 Å². The predicted octanol–water partition coefficient (Wildman–Crippen LogP) is 2.90. The third-order valence-electron chi connectivity index (χ3n) is 3.76. The molecule has 2 aromatic rings. The van der Waals surface area contributed by atoms with Crippen molar-refractivity contribution < 1.29 is 13.2 Å². The Kier molecular flexibility index (Phi) is 3.49. The third kappa shape index (κ3) is 2.81. The van der Waals surface area contributed by atoms with Crippen LogP contribution in [0.1, 0.15) is 28.2 Å². The smallest absolute Gasteiger partial charge is 0.329 e. The summed E-state index contributed by atoms with van der Waals surface area (Å²) >= 11 is 0. The fourth-order valence-electron chi connectivity index (χ4n) is 2.70. The molecule has 0 radical (unpaired) electrons. The minimum absolute atomic E-state index is 0.252. The normalized spacial score (nSPS) is 15.0. The van der Waals surface area contributed by atoms with Crippen LogP contribution in [0.4, 0.5) is 13.2 Å². The number of hydrogen-bond acceptors (Lipinski definition) is 2. The summed E-state index contributed by atoms with van der Waals surface area (Å²) in [5.41, 5.74) is 1.20. The molecule has 0 aliphatic carbocycles. The first kappa shape index (κ1) is 14.1. The minimum atomic E-state index is -4.33. The second-order valence-corrected chi connectivity index (χ2v) is 5.33. The molecule has 0 saturated carbocycles. The second kappa shape index (κ2) is 5.18. The van der Waals surface area contributed by atoms with Crippen LogP contribution in [0.3, 0.4) is 0 Å². The Morgan fingerprint density at radius 2 is 2.14 bits per heavy atom. The van der Waals surface area contributed by atoms with Crippen molar-refractivity contribution in [1.82, 2.24) is 14.9 Å². The van der Waals surface area contributed by atoms with Crippen molar-refractivity contribution in [3.8, 4) is 0 Å². The summed E-state index contributed by atoms with van der Waals surface area (Å²) in [7, 11) is 0. The highest BCUT2D eigenvalue weighted by molar-refractivity contribution is 5.36. The van der Waals surface area contributed by atoms with E-state index in [1.807, 2.05) is 4.57 Å². The van der Waals surface area contributed by atoms with E-state index in [1.165, 1.54) is 6.07 Å². The molecule has 0 saturated heterocycles. The summed E-state index contributed by atoms with van der Waals surface area (Å²) in [6, 6.07) is 4.50. The van der Waals surface area contributed by atoms with E-state index in [0.717, 1.165) is 24.6 Å². The Labute approximate surface area is 120 Å². The van der Waals surface area contributed by atoms with Crippen LogP contribution in [0, 0.1) is 6.92 Å². The van der Waals surface area contributed by atoms with E-state index in [9.17, 15) is 13.2 Å². The lowest BCUT2D eigenvalue weighted by molar-refractivity contribution is -0.138. The Morgan fingerprint density at radius 3 is 2.90 bits per heavy atom. The average Bonchev–Trinajstić information content (AvgIpc) is 2.83. The van der Waals surface area contributed by atoms with E-state index in [1.54, 1.807) is 25.3 Å². The number of nitrogens with zero attached hydrogens (tertiary/aromatic N) is 2. The summed E-state index contributed by atoms with van der Waals surface area (Å²) in [6.45, 7) is 3.90. The van der Waals surface area contributed by atoms with Crippen LogP contribution in [-0.4, -0.2) is 16.1 Å². The maximum atomic E-state index is 13.2. The molecule has 0 atom stereocenters. The van der Waals surface area contributed by atoms with Gasteiger partial charge in [0.05, 0.1) is 12.1 Å². The van der Waals surface area contributed by atoms with Gasteiger partial charge in [-0.2, -0.15) is 13.2 Å². The van der Waals surface area contributed by atoms with E-state index in [-0.39, 0.29) is 6.42 Å². The number of benzene rings is 1. The molecule has 1 aliphatic rings. The number of nitrogens with one attached hydrogen (secondary N) is 1. The van der Waals surface area contributed by atoms with Crippen LogP contribution in [0.2, 0.25) is 0 Å². The summed E-state index contributed by atoms with van der Waals surface area (Å²) in [5, 5.41) is 3.20. The standard InChI is InChI=1S/C15H16F3N3/c1-10-2-3-11(13(6-10)15(16,17)18)7-12-8-20-14-9-19-4-5-21(12)14/h2-3,6,8,19H,4-5,7,9H2,1H3. The van der Waals surface area contributed by atoms with Gasteiger partial charge in [-0.05, 0) is 18.6 Å². The average molecular weight is 295 g/mol. The van der Waals surface area contributed by atoms with E-state index in [4.69, 9.17) is 0 Å². The molecule has 1 aromatic carbocycles. The molecular weight excluding hydrogens is 279 g/mol. The van der Waals surface area contributed by atoms with Crippen molar-refractivity contribution in [3.05, 3.63) is 52.6 Å². The Hall–Kier alpha value is -1.82. The molecule has 0 fully saturated rings. The number of aromatic nitrogens is 2. The fourth-order valence-corrected chi connectivity index (χ4v) is 2.70. The molecule has 1 aliphatic heterocycles. The van der Waals surface area contributed by atoms with Crippen LogP contribution < -0.4 is 5.32 Å². The Balaban J connectivity index is 1.97. The van der Waals surface area contributed by atoms with Crippen molar-refractivity contribution in [3.63, 3.8) is 0 Å². The van der Waals surface area contributed by atoms with Crippen LogP contribution in [-0.2, 0) is 25.7 Å². The zero-order chi connectivity index (χ0) is 15.0. The second-order valence-electron chi connectivity index (χ2n) is 5.33. The SMILES string of the molecule is Cc1ccc(Cc2cnc3n2CCNC3)c(C(F)(F)F)c1. The van der Waals surface area contributed by atoms with Crippen molar-refractivity contribution in [2.45, 2.75) is 32.6 Å². The molecule has 0 amide bonds. The highest BCUT2D eigenvalue weighted by Gasteiger charge is 2.33. The minimum Gasteiger partial charge on any atom is -0.329 e. The van der Waals surface area contributed by atoms with Gasteiger partial charge in [0.2, 0.25) is 0 Å². The molecule has 21 heavy (non-hydrogen) atoms. The number of hydrogen-bond donors (Lipinski definition) is 1. The molecule has 6 heteroatoms. The molecule has 3 rings (SSSR count). The van der Waals surface area contributed by atoms with Crippen molar-refractivity contribution in [1.29, 1.82) is 0 Å². The highest BCUT2D eigenvalue weighted by atomic mass is 19.4. The van der Waals surface area contributed by atoms with Gasteiger partial charge in [-0.1, -0.05) is 17.7 Å². The Bertz CT molecular complexity index is 659. The molecule has 2 heterocycles. The molecule has 112 valence electrons. The largest absolute Gasteiger partial charge is 0.416 e. The van der Waals surface area contributed by atoms with E-state index in [2.05, 4.69) is 10.3 Å². The summed E-state index contributed by atoms with van der Waals surface area (Å²) in [6.07, 6.45) is -2.39. The molecule has 0 bridgehead atoms. The lowest BCUT2D eigenvalue weighted by atomic mass is 10.00. The van der Waals surface area contributed by atoms with Gasteiger partial charge in [0.25, 0.3) is 0 Å². The zero-order valence-electron chi connectivity index (χ0n) is 11.7. The maximum absolute atomic E-state index is 13.2.